The normalized spacial score (nSPS) is 12.0. The quantitative estimate of drug-likeness (QED) is 0.351. The molecule has 0 aliphatic rings. The second kappa shape index (κ2) is 12.9. The highest BCUT2D eigenvalue weighted by Gasteiger charge is 2.33. The van der Waals surface area contributed by atoms with E-state index in [-0.39, 0.29) is 33.1 Å². The third kappa shape index (κ3) is 7.25. The topological polar surface area (TPSA) is 86.8 Å². The molecule has 0 radical (unpaired) electrons. The van der Waals surface area contributed by atoms with Crippen LogP contribution in [0.5, 0.6) is 0 Å². The molecule has 3 rings (SSSR count). The highest BCUT2D eigenvalue weighted by atomic mass is 35.5. The first kappa shape index (κ1) is 28.5. The van der Waals surface area contributed by atoms with Gasteiger partial charge in [0.15, 0.2) is 0 Å². The molecule has 0 saturated heterocycles. The van der Waals surface area contributed by atoms with Gasteiger partial charge in [0.2, 0.25) is 11.8 Å². The molecular formula is C27H29Cl2N3O4S. The Bertz CT molecular complexity index is 1300. The average molecular weight is 563 g/mol. The first-order chi connectivity index (χ1) is 17.7. The van der Waals surface area contributed by atoms with Gasteiger partial charge < -0.3 is 10.2 Å². The molecule has 2 amide bonds. The van der Waals surface area contributed by atoms with Crippen LogP contribution in [0, 0.1) is 0 Å². The number of nitrogens with zero attached hydrogens (tertiary/aromatic N) is 2. The van der Waals surface area contributed by atoms with E-state index in [1.807, 2.05) is 30.3 Å². The Hall–Kier alpha value is -3.07. The Morgan fingerprint density at radius 2 is 1.46 bits per heavy atom. The second-order valence-corrected chi connectivity index (χ2v) is 11.0. The number of sulfonamides is 1. The molecule has 0 fully saturated rings. The minimum Gasteiger partial charge on any atom is -0.355 e. The van der Waals surface area contributed by atoms with E-state index in [1.54, 1.807) is 32.0 Å². The van der Waals surface area contributed by atoms with Crippen LogP contribution in [0.3, 0.4) is 0 Å². The lowest BCUT2D eigenvalue weighted by atomic mass is 10.1. The van der Waals surface area contributed by atoms with Gasteiger partial charge in [-0.25, -0.2) is 8.42 Å². The predicted molar refractivity (Wildman–Crippen MR) is 147 cm³/mol. The van der Waals surface area contributed by atoms with Gasteiger partial charge in [-0.3, -0.25) is 13.9 Å². The molecule has 7 nitrogen and oxygen atoms in total. The van der Waals surface area contributed by atoms with Crippen LogP contribution in [0.4, 0.5) is 5.69 Å². The van der Waals surface area contributed by atoms with Crippen LogP contribution < -0.4 is 9.62 Å². The Labute approximate surface area is 228 Å². The third-order valence-corrected chi connectivity index (χ3v) is 7.90. The van der Waals surface area contributed by atoms with Crippen LogP contribution in [0.2, 0.25) is 10.0 Å². The van der Waals surface area contributed by atoms with Gasteiger partial charge in [0.05, 0.1) is 10.6 Å². The molecule has 0 aromatic heterocycles. The number of benzene rings is 3. The number of anilines is 1. The van der Waals surface area contributed by atoms with Crippen LogP contribution >= 0.6 is 23.2 Å². The molecule has 10 heteroatoms. The third-order valence-electron chi connectivity index (χ3n) is 5.68. The van der Waals surface area contributed by atoms with Crippen molar-refractivity contribution >= 4 is 50.7 Å². The summed E-state index contributed by atoms with van der Waals surface area (Å²) >= 11 is 12.4. The minimum atomic E-state index is -4.18. The van der Waals surface area contributed by atoms with Gasteiger partial charge in [0.1, 0.15) is 12.6 Å². The molecule has 3 aromatic rings. The summed E-state index contributed by atoms with van der Waals surface area (Å²) in [5.41, 5.74) is 0.947. The summed E-state index contributed by atoms with van der Waals surface area (Å²) in [5, 5.41) is 3.22. The first-order valence-electron chi connectivity index (χ1n) is 11.8. The van der Waals surface area contributed by atoms with Crippen LogP contribution in [0.25, 0.3) is 0 Å². The average Bonchev–Trinajstić information content (AvgIpc) is 2.87. The number of rotatable bonds is 11. The molecule has 37 heavy (non-hydrogen) atoms. The molecule has 1 N–H and O–H groups in total. The first-order valence-corrected chi connectivity index (χ1v) is 14.0. The summed E-state index contributed by atoms with van der Waals surface area (Å²) in [6.07, 6.45) is 0.346. The van der Waals surface area contributed by atoms with Crippen molar-refractivity contribution in [3.05, 3.63) is 94.5 Å². The molecule has 0 saturated carbocycles. The lowest BCUT2D eigenvalue weighted by Gasteiger charge is -2.33. The number of hydrogen-bond acceptors (Lipinski definition) is 4. The smallest absolute Gasteiger partial charge is 0.264 e. The van der Waals surface area contributed by atoms with Crippen molar-refractivity contribution in [1.29, 1.82) is 0 Å². The zero-order valence-corrected chi connectivity index (χ0v) is 22.9. The summed E-state index contributed by atoms with van der Waals surface area (Å²) in [7, 11) is -4.18. The van der Waals surface area contributed by atoms with Crippen molar-refractivity contribution in [3.8, 4) is 0 Å². The summed E-state index contributed by atoms with van der Waals surface area (Å²) in [4.78, 5) is 28.2. The van der Waals surface area contributed by atoms with Gasteiger partial charge in [0.25, 0.3) is 10.0 Å². The monoisotopic (exact) mass is 561 g/mol. The molecule has 196 valence electrons. The van der Waals surface area contributed by atoms with Crippen molar-refractivity contribution in [2.45, 2.75) is 37.8 Å². The highest BCUT2D eigenvalue weighted by molar-refractivity contribution is 7.92. The predicted octanol–water partition coefficient (Wildman–Crippen LogP) is 5.13. The number of amides is 2. The number of halogens is 2. The zero-order chi connectivity index (χ0) is 27.0. The fraction of sp³-hybridized carbons (Fsp3) is 0.259. The molecule has 0 aliphatic heterocycles. The van der Waals surface area contributed by atoms with E-state index >= 15 is 0 Å². The molecule has 0 unspecified atom stereocenters. The van der Waals surface area contributed by atoms with Gasteiger partial charge in [-0.1, -0.05) is 78.7 Å². The minimum absolute atomic E-state index is 0.00396. The molecular weight excluding hydrogens is 533 g/mol. The van der Waals surface area contributed by atoms with E-state index in [9.17, 15) is 18.0 Å². The van der Waals surface area contributed by atoms with E-state index in [4.69, 9.17) is 23.2 Å². The number of carbonyl (C=O) groups excluding carboxylic acids is 2. The van der Waals surface area contributed by atoms with E-state index in [0.29, 0.717) is 13.0 Å². The summed E-state index contributed by atoms with van der Waals surface area (Å²) in [6.45, 7) is 3.57. The maximum Gasteiger partial charge on any atom is 0.264 e. The van der Waals surface area contributed by atoms with E-state index in [2.05, 4.69) is 5.32 Å². The van der Waals surface area contributed by atoms with Gasteiger partial charge in [0, 0.05) is 23.1 Å². The van der Waals surface area contributed by atoms with E-state index in [1.165, 1.54) is 35.2 Å². The Morgan fingerprint density at radius 3 is 2.00 bits per heavy atom. The lowest BCUT2D eigenvalue weighted by molar-refractivity contribution is -0.140. The maximum atomic E-state index is 13.9. The van der Waals surface area contributed by atoms with Crippen LogP contribution in [0.1, 0.15) is 25.8 Å². The zero-order valence-electron chi connectivity index (χ0n) is 20.6. The van der Waals surface area contributed by atoms with Crippen molar-refractivity contribution < 1.29 is 18.0 Å². The lowest BCUT2D eigenvalue weighted by Crippen LogP contribution is -2.52. The van der Waals surface area contributed by atoms with Crippen molar-refractivity contribution in [2.24, 2.45) is 0 Å². The number of nitrogens with one attached hydrogen (secondary N) is 1. The van der Waals surface area contributed by atoms with Gasteiger partial charge in [-0.15, -0.1) is 0 Å². The maximum absolute atomic E-state index is 13.9. The van der Waals surface area contributed by atoms with Crippen LogP contribution in [0.15, 0.2) is 83.8 Å². The van der Waals surface area contributed by atoms with E-state index in [0.717, 1.165) is 9.87 Å². The highest BCUT2D eigenvalue weighted by Crippen LogP contribution is 2.30. The fourth-order valence-corrected chi connectivity index (χ4v) is 5.86. The second-order valence-electron chi connectivity index (χ2n) is 8.28. The van der Waals surface area contributed by atoms with Gasteiger partial charge >= 0.3 is 0 Å². The van der Waals surface area contributed by atoms with Crippen molar-refractivity contribution in [1.82, 2.24) is 10.2 Å². The number of likely N-dealkylation sites (N-methyl/N-ethyl adjacent to an activating group) is 1. The summed E-state index contributed by atoms with van der Waals surface area (Å²) < 4.78 is 28.5. The SMILES string of the molecule is CCNC(=O)[C@H](CC)N(Cc1ccccc1)C(=O)CN(c1cc(Cl)cc(Cl)c1)S(=O)(=O)c1ccccc1. The number of carbonyl (C=O) groups is 2. The molecule has 0 spiro atoms. The summed E-state index contributed by atoms with van der Waals surface area (Å²) in [6, 6.07) is 20.6. The molecule has 0 heterocycles. The van der Waals surface area contributed by atoms with Crippen molar-refractivity contribution in [2.75, 3.05) is 17.4 Å². The van der Waals surface area contributed by atoms with Crippen molar-refractivity contribution in [3.63, 3.8) is 0 Å². The number of hydrogen-bond donors (Lipinski definition) is 1. The Kier molecular flexibility index (Phi) is 9.97. The van der Waals surface area contributed by atoms with Crippen LogP contribution in [-0.2, 0) is 26.2 Å². The van der Waals surface area contributed by atoms with Gasteiger partial charge in [-0.2, -0.15) is 0 Å². The summed E-state index contributed by atoms with van der Waals surface area (Å²) in [5.74, 6) is -0.852. The Balaban J connectivity index is 2.07. The molecule has 1 atom stereocenters. The van der Waals surface area contributed by atoms with Crippen LogP contribution in [-0.4, -0.2) is 44.3 Å². The largest absolute Gasteiger partial charge is 0.355 e. The molecule has 3 aromatic carbocycles. The fourth-order valence-electron chi connectivity index (χ4n) is 3.92. The van der Waals surface area contributed by atoms with Gasteiger partial charge in [-0.05, 0) is 49.2 Å². The molecule has 0 aliphatic carbocycles. The molecule has 0 bridgehead atoms. The standard InChI is InChI=1S/C27H29Cl2N3O4S/c1-3-25(27(34)30-4-2)31(18-20-11-7-5-8-12-20)26(33)19-32(23-16-21(28)15-22(29)17-23)37(35,36)24-13-9-6-10-14-24/h5-17,25H,3-4,18-19H2,1-2H3,(H,30,34)/t25-/m0/s1. The van der Waals surface area contributed by atoms with E-state index < -0.39 is 28.5 Å². The Morgan fingerprint density at radius 1 is 0.892 bits per heavy atom.